The second-order valence-corrected chi connectivity index (χ2v) is 9.94. The first-order valence-electron chi connectivity index (χ1n) is 12.1. The summed E-state index contributed by atoms with van der Waals surface area (Å²) in [4.78, 5) is 32.7. The van der Waals surface area contributed by atoms with Gasteiger partial charge in [-0.2, -0.15) is 0 Å². The van der Waals surface area contributed by atoms with Crippen LogP contribution in [0, 0.1) is 5.92 Å². The Morgan fingerprint density at radius 1 is 1.06 bits per heavy atom. The number of likely N-dealkylation sites (tertiary alicyclic amines) is 1. The molecule has 168 valence electrons. The van der Waals surface area contributed by atoms with E-state index in [-0.39, 0.29) is 11.9 Å². The van der Waals surface area contributed by atoms with Gasteiger partial charge in [-0.1, -0.05) is 12.1 Å². The molecule has 1 aromatic carbocycles. The number of ether oxygens (including phenoxy) is 1. The third kappa shape index (κ3) is 3.78. The summed E-state index contributed by atoms with van der Waals surface area (Å²) in [6.07, 6.45) is 6.52. The van der Waals surface area contributed by atoms with Gasteiger partial charge in [0, 0.05) is 32.8 Å². The Balaban J connectivity index is 1.29. The smallest absolute Gasteiger partial charge is 0.332 e. The Bertz CT molecular complexity index is 827. The Morgan fingerprint density at radius 2 is 1.77 bits per heavy atom. The van der Waals surface area contributed by atoms with Crippen LogP contribution in [0.25, 0.3) is 0 Å². The van der Waals surface area contributed by atoms with Gasteiger partial charge >= 0.3 is 6.03 Å². The van der Waals surface area contributed by atoms with Gasteiger partial charge in [0.25, 0.3) is 5.91 Å². The third-order valence-corrected chi connectivity index (χ3v) is 7.85. The van der Waals surface area contributed by atoms with Crippen molar-refractivity contribution in [3.05, 3.63) is 29.8 Å². The first-order chi connectivity index (χ1) is 15.0. The number of benzene rings is 1. The number of rotatable bonds is 5. The zero-order valence-electron chi connectivity index (χ0n) is 18.9. The van der Waals surface area contributed by atoms with E-state index in [1.165, 1.54) is 23.3 Å². The van der Waals surface area contributed by atoms with Gasteiger partial charge in [0.05, 0.1) is 11.8 Å². The molecule has 3 heterocycles. The quantitative estimate of drug-likeness (QED) is 0.669. The summed E-state index contributed by atoms with van der Waals surface area (Å²) < 4.78 is 5.69. The van der Waals surface area contributed by atoms with Crippen LogP contribution in [0.3, 0.4) is 0 Å². The van der Waals surface area contributed by atoms with Crippen LogP contribution in [0.1, 0.15) is 63.9 Å². The van der Waals surface area contributed by atoms with Crippen LogP contribution in [0.5, 0.6) is 0 Å². The molecule has 0 N–H and O–H groups in total. The highest BCUT2D eigenvalue weighted by Gasteiger charge is 2.57. The molecule has 31 heavy (non-hydrogen) atoms. The number of hydrogen-bond donors (Lipinski definition) is 0. The average Bonchev–Trinajstić information content (AvgIpc) is 3.59. The first-order valence-corrected chi connectivity index (χ1v) is 12.1. The lowest BCUT2D eigenvalue weighted by molar-refractivity contribution is -0.127. The zero-order chi connectivity index (χ0) is 21.6. The SMILES string of the molecule is CCN1C(=O)N(c2ccc(C3CC3)cc2)C(=O)C12CCN(C[C@@H]1CCO[C@H](C)C1)CC2. The maximum atomic E-state index is 13.7. The topological polar surface area (TPSA) is 53.1 Å². The van der Waals surface area contributed by atoms with E-state index in [1.54, 1.807) is 0 Å². The normalized spacial score (nSPS) is 29.2. The number of piperidine rings is 1. The molecule has 2 atom stereocenters. The van der Waals surface area contributed by atoms with Crippen molar-refractivity contribution in [2.45, 2.75) is 69.9 Å². The Kier molecular flexibility index (Phi) is 5.55. The summed E-state index contributed by atoms with van der Waals surface area (Å²) in [5, 5.41) is 0. The summed E-state index contributed by atoms with van der Waals surface area (Å²) in [6, 6.07) is 7.94. The molecule has 6 nitrogen and oxygen atoms in total. The molecule has 5 rings (SSSR count). The van der Waals surface area contributed by atoms with Crippen LogP contribution in [-0.2, 0) is 9.53 Å². The van der Waals surface area contributed by atoms with Crippen LogP contribution in [-0.4, -0.2) is 66.2 Å². The van der Waals surface area contributed by atoms with Gasteiger partial charge in [-0.05, 0) is 81.9 Å². The van der Waals surface area contributed by atoms with E-state index >= 15 is 0 Å². The molecule has 1 aromatic rings. The summed E-state index contributed by atoms with van der Waals surface area (Å²) in [5.74, 6) is 1.31. The van der Waals surface area contributed by atoms with Gasteiger partial charge < -0.3 is 14.5 Å². The van der Waals surface area contributed by atoms with E-state index in [9.17, 15) is 9.59 Å². The van der Waals surface area contributed by atoms with Crippen LogP contribution in [0.2, 0.25) is 0 Å². The van der Waals surface area contributed by atoms with Crippen molar-refractivity contribution in [3.8, 4) is 0 Å². The predicted molar refractivity (Wildman–Crippen MR) is 120 cm³/mol. The van der Waals surface area contributed by atoms with Crippen molar-refractivity contribution < 1.29 is 14.3 Å². The Hall–Kier alpha value is -1.92. The minimum atomic E-state index is -0.680. The van der Waals surface area contributed by atoms with E-state index < -0.39 is 5.54 Å². The Morgan fingerprint density at radius 3 is 2.39 bits per heavy atom. The molecule has 3 aliphatic heterocycles. The minimum absolute atomic E-state index is 0.0298. The van der Waals surface area contributed by atoms with Crippen LogP contribution >= 0.6 is 0 Å². The van der Waals surface area contributed by atoms with Crippen LogP contribution < -0.4 is 4.90 Å². The fourth-order valence-corrected chi connectivity index (χ4v) is 5.90. The number of imide groups is 1. The molecular formula is C25H35N3O3. The van der Waals surface area contributed by atoms with Gasteiger partial charge in [-0.15, -0.1) is 0 Å². The van der Waals surface area contributed by atoms with Gasteiger partial charge in [0.1, 0.15) is 5.54 Å². The number of hydrogen-bond acceptors (Lipinski definition) is 4. The van der Waals surface area contributed by atoms with E-state index in [2.05, 4.69) is 24.0 Å². The average molecular weight is 426 g/mol. The molecular weight excluding hydrogens is 390 g/mol. The second kappa shape index (κ2) is 8.21. The zero-order valence-corrected chi connectivity index (χ0v) is 18.9. The van der Waals surface area contributed by atoms with Crippen LogP contribution in [0.4, 0.5) is 10.5 Å². The highest BCUT2D eigenvalue weighted by atomic mass is 16.5. The van der Waals surface area contributed by atoms with Crippen molar-refractivity contribution in [1.29, 1.82) is 0 Å². The monoisotopic (exact) mass is 425 g/mol. The molecule has 3 amide bonds. The molecule has 4 fully saturated rings. The molecule has 0 radical (unpaired) electrons. The predicted octanol–water partition coefficient (Wildman–Crippen LogP) is 4.00. The molecule has 1 aliphatic carbocycles. The highest BCUT2D eigenvalue weighted by molar-refractivity contribution is 6.23. The van der Waals surface area contributed by atoms with E-state index in [0.29, 0.717) is 30.2 Å². The Labute approximate surface area is 185 Å². The third-order valence-electron chi connectivity index (χ3n) is 7.85. The van der Waals surface area contributed by atoms with Crippen molar-refractivity contribution in [2.75, 3.05) is 37.7 Å². The van der Waals surface area contributed by atoms with E-state index in [0.717, 1.165) is 51.9 Å². The largest absolute Gasteiger partial charge is 0.378 e. The summed E-state index contributed by atoms with van der Waals surface area (Å²) in [7, 11) is 0. The van der Waals surface area contributed by atoms with Crippen molar-refractivity contribution in [2.24, 2.45) is 5.92 Å². The van der Waals surface area contributed by atoms with Gasteiger partial charge in [-0.25, -0.2) is 9.69 Å². The molecule has 1 spiro atoms. The number of anilines is 1. The maximum Gasteiger partial charge on any atom is 0.332 e. The van der Waals surface area contributed by atoms with Crippen LogP contribution in [0.15, 0.2) is 24.3 Å². The highest BCUT2D eigenvalue weighted by Crippen LogP contribution is 2.42. The number of urea groups is 1. The molecule has 0 unspecified atom stereocenters. The lowest BCUT2D eigenvalue weighted by Gasteiger charge is -2.43. The summed E-state index contributed by atoms with van der Waals surface area (Å²) in [6.45, 7) is 8.39. The number of nitrogens with zero attached hydrogens (tertiary/aromatic N) is 3. The summed E-state index contributed by atoms with van der Waals surface area (Å²) in [5.41, 5.74) is 1.36. The molecule has 0 aromatic heterocycles. The van der Waals surface area contributed by atoms with Gasteiger partial charge in [0.2, 0.25) is 0 Å². The molecule has 0 bridgehead atoms. The fraction of sp³-hybridized carbons (Fsp3) is 0.680. The molecule has 4 aliphatic rings. The molecule has 6 heteroatoms. The lowest BCUT2D eigenvalue weighted by Crippen LogP contribution is -2.57. The number of likely N-dealkylation sites (N-methyl/N-ethyl adjacent to an activating group) is 1. The summed E-state index contributed by atoms with van der Waals surface area (Å²) >= 11 is 0. The fourth-order valence-electron chi connectivity index (χ4n) is 5.90. The number of amides is 3. The van der Waals surface area contributed by atoms with Crippen molar-refractivity contribution in [3.63, 3.8) is 0 Å². The van der Waals surface area contributed by atoms with Crippen molar-refractivity contribution in [1.82, 2.24) is 9.80 Å². The maximum absolute atomic E-state index is 13.7. The van der Waals surface area contributed by atoms with Crippen molar-refractivity contribution >= 4 is 17.6 Å². The number of carbonyl (C=O) groups excluding carboxylic acids is 2. The second-order valence-electron chi connectivity index (χ2n) is 9.94. The lowest BCUT2D eigenvalue weighted by atomic mass is 9.85. The number of carbonyl (C=O) groups is 2. The molecule has 3 saturated heterocycles. The first kappa shape index (κ1) is 21.0. The van der Waals surface area contributed by atoms with E-state index in [1.807, 2.05) is 24.0 Å². The standard InChI is InChI=1S/C25H35N3O3/c1-3-27-24(30)28(22-8-6-21(7-9-22)20-4-5-20)23(29)25(27)11-13-26(14-12-25)17-19-10-15-31-18(2)16-19/h6-9,18-20H,3-5,10-17H2,1-2H3/t18-,19-/m1/s1. The van der Waals surface area contributed by atoms with E-state index in [4.69, 9.17) is 4.74 Å². The van der Waals surface area contributed by atoms with Gasteiger partial charge in [0.15, 0.2) is 0 Å². The van der Waals surface area contributed by atoms with Gasteiger partial charge in [-0.3, -0.25) is 4.79 Å². The minimum Gasteiger partial charge on any atom is -0.378 e. The molecule has 1 saturated carbocycles.